The molecule has 0 saturated carbocycles. The quantitative estimate of drug-likeness (QED) is 0.905. The summed E-state index contributed by atoms with van der Waals surface area (Å²) >= 11 is 0. The number of para-hydroxylation sites is 1. The Labute approximate surface area is 116 Å². The van der Waals surface area contributed by atoms with Gasteiger partial charge in [-0.2, -0.15) is 0 Å². The summed E-state index contributed by atoms with van der Waals surface area (Å²) in [7, 11) is 1.82. The highest BCUT2D eigenvalue weighted by Crippen LogP contribution is 2.30. The zero-order valence-corrected chi connectivity index (χ0v) is 11.2. The smallest absolute Gasteiger partial charge is 0.308 e. The molecular formula is C14H16N4O2. The van der Waals surface area contributed by atoms with Gasteiger partial charge < -0.3 is 10.0 Å². The number of carbonyl (C=O) groups is 1. The number of aromatic nitrogens is 3. The molecule has 1 unspecified atom stereocenters. The third-order valence-corrected chi connectivity index (χ3v) is 3.59. The van der Waals surface area contributed by atoms with E-state index in [0.29, 0.717) is 19.5 Å². The molecule has 20 heavy (non-hydrogen) atoms. The molecule has 3 rings (SSSR count). The van der Waals surface area contributed by atoms with Gasteiger partial charge in [0.1, 0.15) is 5.69 Å². The Hall–Kier alpha value is -2.37. The van der Waals surface area contributed by atoms with Crippen LogP contribution in [0.2, 0.25) is 0 Å². The van der Waals surface area contributed by atoms with E-state index in [2.05, 4.69) is 15.2 Å². The summed E-state index contributed by atoms with van der Waals surface area (Å²) in [6.45, 7) is 1.08. The number of anilines is 1. The number of benzene rings is 1. The van der Waals surface area contributed by atoms with Crippen LogP contribution < -0.4 is 4.90 Å². The summed E-state index contributed by atoms with van der Waals surface area (Å²) in [4.78, 5) is 13.4. The van der Waals surface area contributed by atoms with Crippen molar-refractivity contribution in [1.82, 2.24) is 15.0 Å². The number of hydrogen-bond donors (Lipinski definition) is 1. The average molecular weight is 272 g/mol. The van der Waals surface area contributed by atoms with Gasteiger partial charge in [0.25, 0.3) is 0 Å². The van der Waals surface area contributed by atoms with Crippen LogP contribution in [0.5, 0.6) is 0 Å². The van der Waals surface area contributed by atoms with Gasteiger partial charge in [0.05, 0.1) is 12.5 Å². The number of aryl methyl sites for hydroxylation is 1. The standard InChI is InChI=1S/C14H16N4O2/c1-17-8-12(15-16-17)9-18-7-11(14(19)20)6-10-4-2-3-5-13(10)18/h2-5,8,11H,6-7,9H2,1H3,(H,19,20). The number of fused-ring (bicyclic) bond motifs is 1. The first-order valence-electron chi connectivity index (χ1n) is 6.54. The van der Waals surface area contributed by atoms with Crippen LogP contribution >= 0.6 is 0 Å². The molecule has 6 nitrogen and oxygen atoms in total. The summed E-state index contributed by atoms with van der Waals surface area (Å²) < 4.78 is 1.65. The molecule has 0 radical (unpaired) electrons. The van der Waals surface area contributed by atoms with Crippen molar-refractivity contribution in [2.75, 3.05) is 11.4 Å². The molecule has 1 atom stereocenters. The van der Waals surface area contributed by atoms with Gasteiger partial charge in [-0.1, -0.05) is 23.4 Å². The van der Waals surface area contributed by atoms with Crippen LogP contribution in [0.1, 0.15) is 11.3 Å². The number of aliphatic carboxylic acids is 1. The van der Waals surface area contributed by atoms with Crippen LogP contribution in [0.3, 0.4) is 0 Å². The molecule has 0 fully saturated rings. The fourth-order valence-electron chi connectivity index (χ4n) is 2.66. The van der Waals surface area contributed by atoms with E-state index in [1.807, 2.05) is 37.5 Å². The van der Waals surface area contributed by atoms with Crippen molar-refractivity contribution >= 4 is 11.7 Å². The Morgan fingerprint density at radius 1 is 1.45 bits per heavy atom. The first-order chi connectivity index (χ1) is 9.63. The van der Waals surface area contributed by atoms with Crippen LogP contribution in [0.15, 0.2) is 30.5 Å². The van der Waals surface area contributed by atoms with Gasteiger partial charge in [-0.05, 0) is 18.1 Å². The monoisotopic (exact) mass is 272 g/mol. The molecule has 0 aliphatic carbocycles. The lowest BCUT2D eigenvalue weighted by molar-refractivity contribution is -0.141. The average Bonchev–Trinajstić information content (AvgIpc) is 2.84. The molecule has 104 valence electrons. The molecule has 1 aliphatic rings. The van der Waals surface area contributed by atoms with Gasteiger partial charge in [-0.15, -0.1) is 5.10 Å². The molecule has 0 saturated heterocycles. The lowest BCUT2D eigenvalue weighted by atomic mass is 9.92. The zero-order chi connectivity index (χ0) is 14.1. The third-order valence-electron chi connectivity index (χ3n) is 3.59. The minimum atomic E-state index is -0.747. The Bertz CT molecular complexity index is 638. The summed E-state index contributed by atoms with van der Waals surface area (Å²) in [5.74, 6) is -1.12. The number of carboxylic acids is 1. The minimum Gasteiger partial charge on any atom is -0.481 e. The highest BCUT2D eigenvalue weighted by Gasteiger charge is 2.29. The molecule has 1 aliphatic heterocycles. The lowest BCUT2D eigenvalue weighted by Crippen LogP contribution is -2.38. The Morgan fingerprint density at radius 2 is 2.25 bits per heavy atom. The summed E-state index contributed by atoms with van der Waals surface area (Å²) in [6.07, 6.45) is 2.44. The van der Waals surface area contributed by atoms with E-state index in [0.717, 1.165) is 16.9 Å². The van der Waals surface area contributed by atoms with E-state index in [1.54, 1.807) is 4.68 Å². The first kappa shape index (κ1) is 12.7. The highest BCUT2D eigenvalue weighted by molar-refractivity contribution is 5.73. The molecule has 2 heterocycles. The van der Waals surface area contributed by atoms with Crippen molar-refractivity contribution in [1.29, 1.82) is 0 Å². The topological polar surface area (TPSA) is 71.2 Å². The molecular weight excluding hydrogens is 256 g/mol. The fraction of sp³-hybridized carbons (Fsp3) is 0.357. The maximum atomic E-state index is 11.3. The fourth-order valence-corrected chi connectivity index (χ4v) is 2.66. The molecule has 1 N–H and O–H groups in total. The Morgan fingerprint density at radius 3 is 2.95 bits per heavy atom. The third kappa shape index (κ3) is 2.36. The van der Waals surface area contributed by atoms with Crippen LogP contribution in [-0.4, -0.2) is 32.6 Å². The van der Waals surface area contributed by atoms with Crippen molar-refractivity contribution in [2.24, 2.45) is 13.0 Å². The van der Waals surface area contributed by atoms with Crippen molar-refractivity contribution in [3.63, 3.8) is 0 Å². The predicted molar refractivity (Wildman–Crippen MR) is 73.3 cm³/mol. The van der Waals surface area contributed by atoms with Gasteiger partial charge in [0.2, 0.25) is 0 Å². The summed E-state index contributed by atoms with van der Waals surface area (Å²) in [5, 5.41) is 17.3. The summed E-state index contributed by atoms with van der Waals surface area (Å²) in [5.41, 5.74) is 3.01. The highest BCUT2D eigenvalue weighted by atomic mass is 16.4. The van der Waals surface area contributed by atoms with Gasteiger partial charge in [-0.25, -0.2) is 0 Å². The Balaban J connectivity index is 1.90. The van der Waals surface area contributed by atoms with Crippen LogP contribution in [0.25, 0.3) is 0 Å². The molecule has 1 aromatic carbocycles. The van der Waals surface area contributed by atoms with Crippen molar-refractivity contribution in [3.05, 3.63) is 41.7 Å². The minimum absolute atomic E-state index is 0.374. The Kier molecular flexibility index (Phi) is 3.14. The number of hydrogen-bond acceptors (Lipinski definition) is 4. The maximum absolute atomic E-state index is 11.3. The normalized spacial score (nSPS) is 17.9. The van der Waals surface area contributed by atoms with E-state index in [1.165, 1.54) is 0 Å². The maximum Gasteiger partial charge on any atom is 0.308 e. The van der Waals surface area contributed by atoms with E-state index in [4.69, 9.17) is 0 Å². The molecule has 1 aromatic heterocycles. The van der Waals surface area contributed by atoms with E-state index >= 15 is 0 Å². The predicted octanol–water partition coefficient (Wildman–Crippen LogP) is 1.08. The number of carboxylic acid groups (broad SMARTS) is 1. The number of nitrogens with zero attached hydrogens (tertiary/aromatic N) is 4. The lowest BCUT2D eigenvalue weighted by Gasteiger charge is -2.34. The van der Waals surface area contributed by atoms with Gasteiger partial charge >= 0.3 is 5.97 Å². The second-order valence-corrected chi connectivity index (χ2v) is 5.13. The molecule has 0 amide bonds. The molecule has 0 bridgehead atoms. The van der Waals surface area contributed by atoms with Crippen LogP contribution in [0, 0.1) is 5.92 Å². The van der Waals surface area contributed by atoms with Crippen LogP contribution in [-0.2, 0) is 24.8 Å². The SMILES string of the molecule is Cn1cc(CN2CC(C(=O)O)Cc3ccccc32)nn1. The van der Waals surface area contributed by atoms with E-state index < -0.39 is 5.97 Å². The van der Waals surface area contributed by atoms with Crippen LogP contribution in [0.4, 0.5) is 5.69 Å². The zero-order valence-electron chi connectivity index (χ0n) is 11.2. The second kappa shape index (κ2) is 4.96. The second-order valence-electron chi connectivity index (χ2n) is 5.13. The van der Waals surface area contributed by atoms with Crippen molar-refractivity contribution in [3.8, 4) is 0 Å². The largest absolute Gasteiger partial charge is 0.481 e. The van der Waals surface area contributed by atoms with E-state index in [-0.39, 0.29) is 5.92 Å². The van der Waals surface area contributed by atoms with Crippen molar-refractivity contribution < 1.29 is 9.90 Å². The van der Waals surface area contributed by atoms with Gasteiger partial charge in [0, 0.05) is 25.5 Å². The van der Waals surface area contributed by atoms with Gasteiger partial charge in [-0.3, -0.25) is 9.48 Å². The number of rotatable bonds is 3. The molecule has 6 heteroatoms. The van der Waals surface area contributed by atoms with Gasteiger partial charge in [0.15, 0.2) is 0 Å². The van der Waals surface area contributed by atoms with Crippen molar-refractivity contribution in [2.45, 2.75) is 13.0 Å². The summed E-state index contributed by atoms with van der Waals surface area (Å²) in [6, 6.07) is 7.95. The molecule has 2 aromatic rings. The van der Waals surface area contributed by atoms with E-state index in [9.17, 15) is 9.90 Å². The first-order valence-corrected chi connectivity index (χ1v) is 6.54. The molecule has 0 spiro atoms.